The van der Waals surface area contributed by atoms with Crippen molar-refractivity contribution >= 4 is 5.91 Å². The van der Waals surface area contributed by atoms with Crippen molar-refractivity contribution in [3.05, 3.63) is 41.6 Å². The third-order valence-corrected chi connectivity index (χ3v) is 5.48. The van der Waals surface area contributed by atoms with Crippen molar-refractivity contribution in [1.29, 1.82) is 0 Å². The first-order valence-electron chi connectivity index (χ1n) is 9.85. The molecule has 8 heteroatoms. The van der Waals surface area contributed by atoms with Crippen LogP contribution < -0.4 is 0 Å². The number of piperidine rings is 1. The minimum Gasteiger partial charge on any atom is -0.339 e. The maximum atomic E-state index is 12.8. The van der Waals surface area contributed by atoms with Gasteiger partial charge in [0.2, 0.25) is 0 Å². The summed E-state index contributed by atoms with van der Waals surface area (Å²) >= 11 is 0. The molecule has 0 radical (unpaired) electrons. The Morgan fingerprint density at radius 1 is 1.14 bits per heavy atom. The molecule has 1 saturated heterocycles. The van der Waals surface area contributed by atoms with Crippen LogP contribution in [0.1, 0.15) is 59.9 Å². The molecule has 0 spiro atoms. The van der Waals surface area contributed by atoms with Crippen LogP contribution in [0, 0.1) is 6.92 Å². The van der Waals surface area contributed by atoms with Crippen LogP contribution in [0.2, 0.25) is 0 Å². The molecule has 0 atom stereocenters. The molecular formula is C20H22N6O2. The van der Waals surface area contributed by atoms with Crippen LogP contribution in [0.15, 0.2) is 29.0 Å². The predicted octanol–water partition coefficient (Wildman–Crippen LogP) is 3.13. The van der Waals surface area contributed by atoms with Crippen molar-refractivity contribution in [2.75, 3.05) is 13.1 Å². The summed E-state index contributed by atoms with van der Waals surface area (Å²) in [4.78, 5) is 23.6. The molecule has 3 aromatic rings. The zero-order valence-corrected chi connectivity index (χ0v) is 15.8. The number of likely N-dealkylation sites (tertiary alicyclic amines) is 1. The smallest absolute Gasteiger partial charge is 0.259 e. The molecule has 0 unspecified atom stereocenters. The van der Waals surface area contributed by atoms with Gasteiger partial charge in [-0.3, -0.25) is 4.79 Å². The van der Waals surface area contributed by atoms with E-state index < -0.39 is 0 Å². The van der Waals surface area contributed by atoms with E-state index in [1.807, 2.05) is 24.0 Å². The van der Waals surface area contributed by atoms with Gasteiger partial charge in [0.25, 0.3) is 11.8 Å². The van der Waals surface area contributed by atoms with Crippen molar-refractivity contribution < 1.29 is 9.32 Å². The van der Waals surface area contributed by atoms with Crippen molar-refractivity contribution in [1.82, 2.24) is 29.8 Å². The standard InChI is InChI=1S/C20H22N6O2/c1-13-16(20(27)25-9-3-2-4-10-25)12-22-26(13)17-8-7-15(11-21-17)19-23-18(24-28-19)14-5-6-14/h7-8,11-12,14H,2-6,9-10H2,1H3. The molecule has 0 bridgehead atoms. The third kappa shape index (κ3) is 3.08. The molecule has 2 aliphatic rings. The third-order valence-electron chi connectivity index (χ3n) is 5.48. The Bertz CT molecular complexity index is 996. The van der Waals surface area contributed by atoms with E-state index in [9.17, 15) is 4.79 Å². The van der Waals surface area contributed by atoms with E-state index in [1.165, 1.54) is 6.42 Å². The van der Waals surface area contributed by atoms with Crippen LogP contribution in [-0.2, 0) is 0 Å². The van der Waals surface area contributed by atoms with Crippen LogP contribution in [0.3, 0.4) is 0 Å². The summed E-state index contributed by atoms with van der Waals surface area (Å²) in [6.45, 7) is 3.55. The van der Waals surface area contributed by atoms with Crippen molar-refractivity contribution in [2.24, 2.45) is 0 Å². The predicted molar refractivity (Wildman–Crippen MR) is 101 cm³/mol. The van der Waals surface area contributed by atoms with Gasteiger partial charge in [-0.1, -0.05) is 5.16 Å². The second kappa shape index (κ2) is 6.85. The average molecular weight is 378 g/mol. The Labute approximate surface area is 162 Å². The number of aromatic nitrogens is 5. The highest BCUT2D eigenvalue weighted by Gasteiger charge is 2.29. The second-order valence-electron chi connectivity index (χ2n) is 7.55. The van der Waals surface area contributed by atoms with E-state index in [0.29, 0.717) is 23.2 Å². The SMILES string of the molecule is Cc1c(C(=O)N2CCCCC2)cnn1-c1ccc(-c2nc(C3CC3)no2)cn1. The van der Waals surface area contributed by atoms with E-state index in [4.69, 9.17) is 4.52 Å². The zero-order valence-electron chi connectivity index (χ0n) is 15.8. The van der Waals surface area contributed by atoms with Crippen molar-refractivity contribution in [2.45, 2.75) is 44.9 Å². The lowest BCUT2D eigenvalue weighted by Crippen LogP contribution is -2.35. The molecule has 2 fully saturated rings. The molecule has 8 nitrogen and oxygen atoms in total. The minimum absolute atomic E-state index is 0.0542. The van der Waals surface area contributed by atoms with Gasteiger partial charge in [0.05, 0.1) is 23.0 Å². The number of hydrogen-bond acceptors (Lipinski definition) is 6. The Morgan fingerprint density at radius 2 is 1.96 bits per heavy atom. The van der Waals surface area contributed by atoms with Crippen molar-refractivity contribution in [3.8, 4) is 17.3 Å². The molecular weight excluding hydrogens is 356 g/mol. The highest BCUT2D eigenvalue weighted by atomic mass is 16.5. The number of rotatable bonds is 4. The summed E-state index contributed by atoms with van der Waals surface area (Å²) in [6, 6.07) is 3.74. The zero-order chi connectivity index (χ0) is 19.1. The molecule has 5 rings (SSSR count). The molecule has 0 aromatic carbocycles. The number of pyridine rings is 1. The van der Waals surface area contributed by atoms with Gasteiger partial charge in [0.15, 0.2) is 11.6 Å². The van der Waals surface area contributed by atoms with Gasteiger partial charge in [-0.15, -0.1) is 0 Å². The summed E-state index contributed by atoms with van der Waals surface area (Å²) in [5, 5.41) is 8.44. The number of hydrogen-bond donors (Lipinski definition) is 0. The number of nitrogens with zero attached hydrogens (tertiary/aromatic N) is 6. The molecule has 4 heterocycles. The topological polar surface area (TPSA) is 89.9 Å². The van der Waals surface area contributed by atoms with Gasteiger partial charge in [-0.25, -0.2) is 9.67 Å². The van der Waals surface area contributed by atoms with Crippen LogP contribution in [0.25, 0.3) is 17.3 Å². The molecule has 144 valence electrons. The van der Waals surface area contributed by atoms with Crippen LogP contribution in [0.4, 0.5) is 0 Å². The maximum absolute atomic E-state index is 12.8. The maximum Gasteiger partial charge on any atom is 0.259 e. The highest BCUT2D eigenvalue weighted by Crippen LogP contribution is 2.38. The number of carbonyl (C=O) groups excluding carboxylic acids is 1. The molecule has 1 saturated carbocycles. The molecule has 0 N–H and O–H groups in total. The highest BCUT2D eigenvalue weighted by molar-refractivity contribution is 5.95. The molecule has 1 aliphatic carbocycles. The summed E-state index contributed by atoms with van der Waals surface area (Å²) in [6.07, 6.45) is 8.94. The van der Waals surface area contributed by atoms with Crippen LogP contribution >= 0.6 is 0 Å². The van der Waals surface area contributed by atoms with Gasteiger partial charge >= 0.3 is 0 Å². The van der Waals surface area contributed by atoms with E-state index in [2.05, 4.69) is 20.2 Å². The van der Waals surface area contributed by atoms with Gasteiger partial charge in [-0.05, 0) is 51.2 Å². The van der Waals surface area contributed by atoms with Gasteiger partial charge in [0, 0.05) is 25.2 Å². The van der Waals surface area contributed by atoms with E-state index in [0.717, 1.165) is 55.9 Å². The Hall–Kier alpha value is -3.03. The minimum atomic E-state index is 0.0542. The number of carbonyl (C=O) groups is 1. The Kier molecular flexibility index (Phi) is 4.18. The average Bonchev–Trinajstić information content (AvgIpc) is 3.35. The molecule has 3 aromatic heterocycles. The van der Waals surface area contributed by atoms with Gasteiger partial charge in [0.1, 0.15) is 0 Å². The van der Waals surface area contributed by atoms with Crippen molar-refractivity contribution in [3.63, 3.8) is 0 Å². The summed E-state index contributed by atoms with van der Waals surface area (Å²) in [5.74, 6) is 2.42. The fourth-order valence-corrected chi connectivity index (χ4v) is 3.62. The van der Waals surface area contributed by atoms with E-state index in [1.54, 1.807) is 17.1 Å². The quantitative estimate of drug-likeness (QED) is 0.693. The first-order chi connectivity index (χ1) is 13.7. The Morgan fingerprint density at radius 3 is 2.68 bits per heavy atom. The monoisotopic (exact) mass is 378 g/mol. The largest absolute Gasteiger partial charge is 0.339 e. The summed E-state index contributed by atoms with van der Waals surface area (Å²) in [5.41, 5.74) is 2.21. The second-order valence-corrected chi connectivity index (χ2v) is 7.55. The normalized spacial score (nSPS) is 17.1. The lowest BCUT2D eigenvalue weighted by Gasteiger charge is -2.26. The lowest BCUT2D eigenvalue weighted by atomic mass is 10.1. The fraction of sp³-hybridized carbons (Fsp3) is 0.450. The molecule has 1 aliphatic heterocycles. The first-order valence-corrected chi connectivity index (χ1v) is 9.85. The van der Waals surface area contributed by atoms with E-state index in [-0.39, 0.29) is 5.91 Å². The van der Waals surface area contributed by atoms with Gasteiger partial charge < -0.3 is 9.42 Å². The Balaban J connectivity index is 1.37. The fourth-order valence-electron chi connectivity index (χ4n) is 3.62. The van der Waals surface area contributed by atoms with Crippen LogP contribution in [-0.4, -0.2) is 48.8 Å². The van der Waals surface area contributed by atoms with Crippen LogP contribution in [0.5, 0.6) is 0 Å². The summed E-state index contributed by atoms with van der Waals surface area (Å²) < 4.78 is 7.05. The molecule has 28 heavy (non-hydrogen) atoms. The first kappa shape index (κ1) is 17.1. The summed E-state index contributed by atoms with van der Waals surface area (Å²) in [7, 11) is 0. The van der Waals surface area contributed by atoms with Gasteiger partial charge in [-0.2, -0.15) is 10.1 Å². The van der Waals surface area contributed by atoms with E-state index >= 15 is 0 Å². The lowest BCUT2D eigenvalue weighted by molar-refractivity contribution is 0.0723. The number of amides is 1. The molecule has 1 amide bonds.